The number of hydrogen-bond donors (Lipinski definition) is 0. The maximum Gasteiger partial charge on any atom is 1.00 e. The standard InChI is InChI=1S/C20H18NO2.C19H15BrNO2.C19H14NO2.5Rb/c1-3-14-4-6-15(7-5-14)17-10-16-8-9-19(13-23-2)21-20(16)18(11-17)12-22;1-23-12-18-7-6-15-8-16(9-17(11-22)19(15)21-18)14-4-2-13(10-20)3-5-14;1-2-13-3-5-14(6-4-13)16-9-15-7-8-18(12-22)20-19(15)17(10-16)11-21;;;;;/h4-13H,3H2,1-2H3;2-9,11-12H,10H2,1H3;3-11H,2H2,1H3;;;;;/q3*-1;5*+1. The van der Waals surface area contributed by atoms with E-state index in [4.69, 9.17) is 9.47 Å². The third kappa shape index (κ3) is 19.5. The number of carbonyl (C=O) groups excluding carboxylic acids is 4. The van der Waals surface area contributed by atoms with Crippen molar-refractivity contribution < 1.29 is 320 Å². The fourth-order valence-corrected chi connectivity index (χ4v) is 8.04. The van der Waals surface area contributed by atoms with Crippen LogP contribution >= 0.6 is 15.9 Å². The Balaban J connectivity index is 0.000000363. The molecule has 0 bridgehead atoms. The van der Waals surface area contributed by atoms with Gasteiger partial charge < -0.3 is 14.3 Å². The number of alkyl halides is 1. The van der Waals surface area contributed by atoms with Gasteiger partial charge in [-0.3, -0.25) is 29.3 Å². The molecule has 0 amide bonds. The second kappa shape index (κ2) is 36.7. The van der Waals surface area contributed by atoms with Gasteiger partial charge in [-0.25, -0.2) is 0 Å². The molecule has 3 heterocycles. The predicted octanol–water partition coefficient (Wildman–Crippen LogP) is -2.05. The van der Waals surface area contributed by atoms with Crippen LogP contribution in [0.3, 0.4) is 0 Å². The maximum atomic E-state index is 11.5. The number of pyridine rings is 3. The number of halogens is 1. The van der Waals surface area contributed by atoms with Gasteiger partial charge in [0.1, 0.15) is 0 Å². The Kier molecular flexibility index (Phi) is 35.4. The van der Waals surface area contributed by atoms with Crippen LogP contribution < -0.4 is 291 Å². The molecular formula is C58H47BrN3O6Rb5+2. The zero-order valence-corrected chi connectivity index (χ0v) is 69.2. The van der Waals surface area contributed by atoms with E-state index in [-0.39, 0.29) is 297 Å². The molecule has 73 heavy (non-hydrogen) atoms. The topological polar surface area (TPSA) is 125 Å². The normalized spacial score (nSPS) is 9.93. The minimum absolute atomic E-state index is 0. The van der Waals surface area contributed by atoms with E-state index in [9.17, 15) is 19.2 Å². The van der Waals surface area contributed by atoms with Gasteiger partial charge in [0.05, 0.1) is 16.6 Å². The maximum absolute atomic E-state index is 11.5. The van der Waals surface area contributed by atoms with Crippen molar-refractivity contribution >= 4 is 73.8 Å². The molecule has 0 atom stereocenters. The Morgan fingerprint density at radius 1 is 0.452 bits per heavy atom. The number of benzene rings is 6. The van der Waals surface area contributed by atoms with Gasteiger partial charge in [0.25, 0.3) is 0 Å². The first-order chi connectivity index (χ1) is 33.2. The predicted molar refractivity (Wildman–Crippen MR) is 275 cm³/mol. The number of methoxy groups -OCH3 is 2. The third-order valence-electron chi connectivity index (χ3n) is 11.3. The van der Waals surface area contributed by atoms with Gasteiger partial charge in [-0.15, -0.1) is 18.2 Å². The smallest absolute Gasteiger partial charge is 0.443 e. The fraction of sp³-hybridized carbons (Fsp3) is 0.121. The summed E-state index contributed by atoms with van der Waals surface area (Å²) in [6, 6.07) is 47.7. The molecule has 0 spiro atoms. The van der Waals surface area contributed by atoms with Gasteiger partial charge in [0.15, 0.2) is 18.9 Å². The second-order valence-corrected chi connectivity index (χ2v) is 16.2. The molecule has 0 aliphatic heterocycles. The number of rotatable bonds is 14. The summed E-state index contributed by atoms with van der Waals surface area (Å²) >= 11 is 3.45. The van der Waals surface area contributed by atoms with Gasteiger partial charge in [0, 0.05) is 42.5 Å². The largest absolute Gasteiger partial charge is 1.00 e. The summed E-state index contributed by atoms with van der Waals surface area (Å²) in [5, 5.41) is 3.53. The fourth-order valence-electron chi connectivity index (χ4n) is 7.67. The molecule has 0 radical (unpaired) electrons. The molecule has 9 rings (SSSR count). The molecule has 0 N–H and O–H groups in total. The van der Waals surface area contributed by atoms with Crippen molar-refractivity contribution in [3.8, 4) is 33.4 Å². The molecule has 9 aromatic rings. The van der Waals surface area contributed by atoms with E-state index in [2.05, 4.69) is 130 Å². The van der Waals surface area contributed by atoms with Crippen molar-refractivity contribution in [3.63, 3.8) is 0 Å². The molecule has 15 heteroatoms. The Labute approximate surface area is 680 Å². The summed E-state index contributed by atoms with van der Waals surface area (Å²) in [5.41, 5.74) is 15.1. The van der Waals surface area contributed by atoms with E-state index < -0.39 is 0 Å². The van der Waals surface area contributed by atoms with E-state index in [1.807, 2.05) is 42.5 Å². The summed E-state index contributed by atoms with van der Waals surface area (Å²) in [6.07, 6.45) is 6.24. The SMILES string of the molecule is CCc1ccc(-c2cc(C=O)c3nc([C-]=O)ccc3c2)cc1.CCc1ccc(-c2cc(C=O)c3nc([CH-]OC)ccc3c2)cc1.CO[CH-]c1ccc2cc(-c3ccc(CBr)cc3)cc(C=O)c2n1.[Rb+].[Rb+].[Rb+].[Rb+].[Rb+]. The number of aldehydes is 3. The van der Waals surface area contributed by atoms with E-state index in [1.54, 1.807) is 51.9 Å². The number of carbonyl (C=O) groups is 3. The number of aromatic nitrogens is 3. The van der Waals surface area contributed by atoms with Crippen molar-refractivity contribution in [1.82, 2.24) is 15.0 Å². The van der Waals surface area contributed by atoms with E-state index >= 15 is 0 Å². The average molecular weight is 1390 g/mol. The van der Waals surface area contributed by atoms with Gasteiger partial charge in [-0.1, -0.05) is 133 Å². The monoisotopic (exact) mass is 1380 g/mol. The van der Waals surface area contributed by atoms with E-state index in [1.165, 1.54) is 16.7 Å². The number of ether oxygens (including phenoxy) is 2. The first kappa shape index (κ1) is 70.5. The van der Waals surface area contributed by atoms with Crippen molar-refractivity contribution in [2.24, 2.45) is 0 Å². The van der Waals surface area contributed by atoms with Crippen LogP contribution in [0.5, 0.6) is 0 Å². The summed E-state index contributed by atoms with van der Waals surface area (Å²) in [4.78, 5) is 58.2. The second-order valence-electron chi connectivity index (χ2n) is 15.7. The van der Waals surface area contributed by atoms with Crippen molar-refractivity contribution in [2.45, 2.75) is 32.0 Å². The first-order valence-electron chi connectivity index (χ1n) is 21.9. The molecule has 0 saturated heterocycles. The van der Waals surface area contributed by atoms with Crippen LogP contribution in [-0.4, -0.2) is 54.3 Å². The van der Waals surface area contributed by atoms with Gasteiger partial charge >= 0.3 is 291 Å². The Morgan fingerprint density at radius 3 is 1.08 bits per heavy atom. The minimum atomic E-state index is 0. The van der Waals surface area contributed by atoms with Gasteiger partial charge in [-0.05, 0) is 115 Å². The zero-order chi connectivity index (χ0) is 48.0. The molecule has 0 aliphatic rings. The van der Waals surface area contributed by atoms with Crippen LogP contribution in [0, 0.1) is 13.2 Å². The van der Waals surface area contributed by atoms with Gasteiger partial charge in [0.2, 0.25) is 0 Å². The Hall–Kier alpha value is 1.40. The van der Waals surface area contributed by atoms with Crippen LogP contribution in [0.4, 0.5) is 0 Å². The number of nitrogens with zero attached hydrogens (tertiary/aromatic N) is 3. The van der Waals surface area contributed by atoms with Crippen LogP contribution in [0.2, 0.25) is 0 Å². The van der Waals surface area contributed by atoms with Crippen LogP contribution in [-0.2, 0) is 32.4 Å². The van der Waals surface area contributed by atoms with Gasteiger partial charge in [-0.2, -0.15) is 18.2 Å². The Morgan fingerprint density at radius 2 is 0.781 bits per heavy atom. The summed E-state index contributed by atoms with van der Waals surface area (Å²) in [6.45, 7) is 7.37. The molecule has 0 unspecified atom stereocenters. The average Bonchev–Trinajstić information content (AvgIpc) is 3.40. The molecule has 3 aromatic heterocycles. The Bertz CT molecular complexity index is 3110. The number of hydrogen-bond acceptors (Lipinski definition) is 9. The molecule has 0 fully saturated rings. The molecular weight excluding hydrogens is 1340 g/mol. The first-order valence-corrected chi connectivity index (χ1v) is 23.0. The summed E-state index contributed by atoms with van der Waals surface area (Å²) < 4.78 is 9.97. The van der Waals surface area contributed by atoms with Crippen molar-refractivity contribution in [3.05, 3.63) is 209 Å². The van der Waals surface area contributed by atoms with Crippen molar-refractivity contribution in [2.75, 3.05) is 14.2 Å². The number of fused-ring (bicyclic) bond motifs is 3. The van der Waals surface area contributed by atoms with Crippen LogP contribution in [0.1, 0.15) is 78.7 Å². The van der Waals surface area contributed by atoms with E-state index in [0.29, 0.717) is 44.6 Å². The van der Waals surface area contributed by atoms with E-state index in [0.717, 1.165) is 86.6 Å². The third-order valence-corrected chi connectivity index (χ3v) is 12.0. The molecule has 0 saturated carbocycles. The summed E-state index contributed by atoms with van der Waals surface area (Å²) in [5.74, 6) is 0. The quantitative estimate of drug-likeness (QED) is 0.0689. The molecule has 6 aromatic carbocycles. The minimum Gasteiger partial charge on any atom is -0.443 e. The van der Waals surface area contributed by atoms with Crippen LogP contribution in [0.15, 0.2) is 146 Å². The zero-order valence-electron chi connectivity index (χ0n) is 43.0. The number of aryl methyl sites for hydroxylation is 2. The van der Waals surface area contributed by atoms with Crippen LogP contribution in [0.25, 0.3) is 66.1 Å². The molecule has 340 valence electrons. The summed E-state index contributed by atoms with van der Waals surface area (Å²) in [7, 11) is 3.15. The van der Waals surface area contributed by atoms with Crippen molar-refractivity contribution in [1.29, 1.82) is 0 Å². The molecule has 0 aliphatic carbocycles. The molecule has 9 nitrogen and oxygen atoms in total.